The number of nitriles is 1. The summed E-state index contributed by atoms with van der Waals surface area (Å²) >= 11 is 0. The van der Waals surface area contributed by atoms with E-state index in [0.29, 0.717) is 18.0 Å². The van der Waals surface area contributed by atoms with Crippen molar-refractivity contribution in [1.82, 2.24) is 9.80 Å². The van der Waals surface area contributed by atoms with Gasteiger partial charge in [0.05, 0.1) is 18.2 Å². The Kier molecular flexibility index (Phi) is 6.32. The third-order valence-corrected chi connectivity index (χ3v) is 4.33. The van der Waals surface area contributed by atoms with Crippen LogP contribution >= 0.6 is 0 Å². The van der Waals surface area contributed by atoms with Crippen LogP contribution in [0, 0.1) is 23.1 Å². The molecule has 22 heavy (non-hydrogen) atoms. The molecule has 1 heterocycles. The fourth-order valence-electron chi connectivity index (χ4n) is 3.12. The third kappa shape index (κ3) is 4.77. The standard InChI is InChI=1S/C17H24FN3O/c1-20(12-14-4-6-21(7-5-14)8-9-22)13-15-2-3-17(18)10-16(15)11-19/h2-3,10,14,22H,4-9,12-13H2,1H3. The van der Waals surface area contributed by atoms with Gasteiger partial charge in [0.1, 0.15) is 5.82 Å². The predicted molar refractivity (Wildman–Crippen MR) is 83.7 cm³/mol. The van der Waals surface area contributed by atoms with Crippen LogP contribution in [0.1, 0.15) is 24.0 Å². The van der Waals surface area contributed by atoms with E-state index in [-0.39, 0.29) is 12.4 Å². The third-order valence-electron chi connectivity index (χ3n) is 4.33. The number of benzene rings is 1. The van der Waals surface area contributed by atoms with E-state index >= 15 is 0 Å². The number of nitrogens with zero attached hydrogens (tertiary/aromatic N) is 3. The highest BCUT2D eigenvalue weighted by molar-refractivity contribution is 5.37. The summed E-state index contributed by atoms with van der Waals surface area (Å²) in [6.07, 6.45) is 2.28. The molecule has 1 saturated heterocycles. The van der Waals surface area contributed by atoms with Crippen LogP contribution in [0.15, 0.2) is 18.2 Å². The number of piperidine rings is 1. The number of aliphatic hydroxyl groups excluding tert-OH is 1. The largest absolute Gasteiger partial charge is 0.395 e. The van der Waals surface area contributed by atoms with Gasteiger partial charge >= 0.3 is 0 Å². The van der Waals surface area contributed by atoms with Crippen LogP contribution in [-0.4, -0.2) is 54.7 Å². The van der Waals surface area contributed by atoms with Crippen molar-refractivity contribution in [3.05, 3.63) is 35.1 Å². The maximum absolute atomic E-state index is 13.2. The molecule has 1 aliphatic rings. The number of rotatable bonds is 6. The summed E-state index contributed by atoms with van der Waals surface area (Å²) in [4.78, 5) is 4.50. The fraction of sp³-hybridized carbons (Fsp3) is 0.588. The number of hydrogen-bond acceptors (Lipinski definition) is 4. The first-order valence-electron chi connectivity index (χ1n) is 7.82. The molecule has 5 heteroatoms. The lowest BCUT2D eigenvalue weighted by Crippen LogP contribution is -2.38. The molecule has 0 aromatic heterocycles. The lowest BCUT2D eigenvalue weighted by molar-refractivity contribution is 0.129. The van der Waals surface area contributed by atoms with Crippen LogP contribution in [0.25, 0.3) is 0 Å². The van der Waals surface area contributed by atoms with E-state index in [1.54, 1.807) is 6.07 Å². The Morgan fingerprint density at radius 3 is 2.77 bits per heavy atom. The number of β-amino-alcohol motifs (C(OH)–C–C–N with tert-alkyl or cyclic N) is 1. The zero-order valence-corrected chi connectivity index (χ0v) is 13.1. The Labute approximate surface area is 131 Å². The van der Waals surface area contributed by atoms with Crippen molar-refractivity contribution in [3.63, 3.8) is 0 Å². The quantitative estimate of drug-likeness (QED) is 0.871. The van der Waals surface area contributed by atoms with E-state index in [1.165, 1.54) is 12.1 Å². The molecule has 1 N–H and O–H groups in total. The zero-order chi connectivity index (χ0) is 15.9. The molecule has 0 unspecified atom stereocenters. The molecular weight excluding hydrogens is 281 g/mol. The van der Waals surface area contributed by atoms with Crippen molar-refractivity contribution in [2.75, 3.05) is 39.8 Å². The Morgan fingerprint density at radius 2 is 2.14 bits per heavy atom. The number of aliphatic hydroxyl groups is 1. The second-order valence-electron chi connectivity index (χ2n) is 6.12. The van der Waals surface area contributed by atoms with Crippen LogP contribution in [0.4, 0.5) is 4.39 Å². The molecule has 0 aliphatic carbocycles. The summed E-state index contributed by atoms with van der Waals surface area (Å²) in [5.41, 5.74) is 1.30. The van der Waals surface area contributed by atoms with Gasteiger partial charge in [0.2, 0.25) is 0 Å². The van der Waals surface area contributed by atoms with Gasteiger partial charge in [-0.2, -0.15) is 5.26 Å². The lowest BCUT2D eigenvalue weighted by atomic mass is 9.96. The highest BCUT2D eigenvalue weighted by atomic mass is 19.1. The van der Waals surface area contributed by atoms with Crippen LogP contribution in [0.3, 0.4) is 0 Å². The molecule has 2 rings (SSSR count). The van der Waals surface area contributed by atoms with Crippen LogP contribution in [0.2, 0.25) is 0 Å². The van der Waals surface area contributed by atoms with E-state index in [1.807, 2.05) is 7.05 Å². The normalized spacial score (nSPS) is 16.9. The number of hydrogen-bond donors (Lipinski definition) is 1. The molecule has 0 atom stereocenters. The van der Waals surface area contributed by atoms with Crippen molar-refractivity contribution >= 4 is 0 Å². The van der Waals surface area contributed by atoms with Crippen molar-refractivity contribution in [1.29, 1.82) is 5.26 Å². The van der Waals surface area contributed by atoms with E-state index < -0.39 is 0 Å². The van der Waals surface area contributed by atoms with E-state index in [0.717, 1.165) is 44.6 Å². The summed E-state index contributed by atoms with van der Waals surface area (Å²) in [5.74, 6) is 0.283. The van der Waals surface area contributed by atoms with Gasteiger partial charge in [-0.3, -0.25) is 0 Å². The molecular formula is C17H24FN3O. The summed E-state index contributed by atoms with van der Waals surface area (Å²) in [6, 6.07) is 6.49. The van der Waals surface area contributed by atoms with Gasteiger partial charge in [-0.15, -0.1) is 0 Å². The Morgan fingerprint density at radius 1 is 1.41 bits per heavy atom. The maximum atomic E-state index is 13.2. The Bertz CT molecular complexity index is 521. The number of likely N-dealkylation sites (tertiary alicyclic amines) is 1. The summed E-state index contributed by atoms with van der Waals surface area (Å²) < 4.78 is 13.2. The van der Waals surface area contributed by atoms with E-state index in [2.05, 4.69) is 15.9 Å². The molecule has 4 nitrogen and oxygen atoms in total. The van der Waals surface area contributed by atoms with Crippen molar-refractivity contribution in [2.24, 2.45) is 5.92 Å². The minimum absolute atomic E-state index is 0.228. The van der Waals surface area contributed by atoms with Crippen molar-refractivity contribution in [2.45, 2.75) is 19.4 Å². The number of halogens is 1. The first kappa shape index (κ1) is 16.9. The SMILES string of the molecule is CN(Cc1ccc(F)cc1C#N)CC1CCN(CCO)CC1. The minimum atomic E-state index is -0.362. The molecule has 0 saturated carbocycles. The topological polar surface area (TPSA) is 50.5 Å². The van der Waals surface area contributed by atoms with Crippen LogP contribution in [0.5, 0.6) is 0 Å². The summed E-state index contributed by atoms with van der Waals surface area (Å²) in [6.45, 7) is 4.73. The summed E-state index contributed by atoms with van der Waals surface area (Å²) in [7, 11) is 2.05. The first-order chi connectivity index (χ1) is 10.6. The monoisotopic (exact) mass is 305 g/mol. The van der Waals surface area contributed by atoms with Crippen LogP contribution < -0.4 is 0 Å². The molecule has 1 aliphatic heterocycles. The minimum Gasteiger partial charge on any atom is -0.395 e. The second kappa shape index (κ2) is 8.23. The van der Waals surface area contributed by atoms with Gasteiger partial charge in [0, 0.05) is 19.6 Å². The molecule has 0 radical (unpaired) electrons. The molecule has 120 valence electrons. The van der Waals surface area contributed by atoms with E-state index in [4.69, 9.17) is 10.4 Å². The fourth-order valence-corrected chi connectivity index (χ4v) is 3.12. The van der Waals surface area contributed by atoms with Gasteiger partial charge in [-0.25, -0.2) is 4.39 Å². The van der Waals surface area contributed by atoms with Gasteiger partial charge in [-0.1, -0.05) is 6.07 Å². The molecule has 0 spiro atoms. The van der Waals surface area contributed by atoms with Crippen molar-refractivity contribution in [3.8, 4) is 6.07 Å². The zero-order valence-electron chi connectivity index (χ0n) is 13.1. The molecule has 1 aromatic rings. The van der Waals surface area contributed by atoms with Gasteiger partial charge < -0.3 is 14.9 Å². The highest BCUT2D eigenvalue weighted by Crippen LogP contribution is 2.19. The van der Waals surface area contributed by atoms with Gasteiger partial charge in [-0.05, 0) is 56.6 Å². The molecule has 1 fully saturated rings. The second-order valence-corrected chi connectivity index (χ2v) is 6.12. The van der Waals surface area contributed by atoms with Crippen LogP contribution in [-0.2, 0) is 6.54 Å². The van der Waals surface area contributed by atoms with Gasteiger partial charge in [0.15, 0.2) is 0 Å². The smallest absolute Gasteiger partial charge is 0.124 e. The predicted octanol–water partition coefficient (Wildman–Crippen LogP) is 1.83. The Hall–Kier alpha value is -1.48. The van der Waals surface area contributed by atoms with E-state index in [9.17, 15) is 4.39 Å². The molecule has 0 amide bonds. The lowest BCUT2D eigenvalue weighted by Gasteiger charge is -2.33. The average molecular weight is 305 g/mol. The average Bonchev–Trinajstić information content (AvgIpc) is 2.51. The molecule has 1 aromatic carbocycles. The highest BCUT2D eigenvalue weighted by Gasteiger charge is 2.20. The first-order valence-corrected chi connectivity index (χ1v) is 7.82. The summed E-state index contributed by atoms with van der Waals surface area (Å²) in [5, 5.41) is 18.1. The van der Waals surface area contributed by atoms with Crippen molar-refractivity contribution < 1.29 is 9.50 Å². The van der Waals surface area contributed by atoms with Gasteiger partial charge in [0.25, 0.3) is 0 Å². The Balaban J connectivity index is 1.84. The molecule has 0 bridgehead atoms. The maximum Gasteiger partial charge on any atom is 0.124 e.